The maximum absolute atomic E-state index is 4.22. The van der Waals surface area contributed by atoms with Crippen LogP contribution in [0.1, 0.15) is 18.9 Å². The first-order valence-corrected chi connectivity index (χ1v) is 6.43. The van der Waals surface area contributed by atoms with E-state index >= 15 is 0 Å². The third-order valence-corrected chi connectivity index (χ3v) is 3.39. The van der Waals surface area contributed by atoms with Crippen molar-refractivity contribution in [3.8, 4) is 0 Å². The standard InChI is InChI=1S/C17H21N/c1-13-5-7-15(8-6-13)14(2)16-9-11-17(12-10-16)18(3)4/h5,7-13H,2,6H2,1,3-4H3/t13-/m0/s1. The van der Waals surface area contributed by atoms with Gasteiger partial charge in [-0.25, -0.2) is 0 Å². The van der Waals surface area contributed by atoms with Gasteiger partial charge in [-0.05, 0) is 41.2 Å². The number of benzene rings is 1. The van der Waals surface area contributed by atoms with Crippen molar-refractivity contribution < 1.29 is 0 Å². The van der Waals surface area contributed by atoms with Gasteiger partial charge in [-0.1, -0.05) is 43.9 Å². The smallest absolute Gasteiger partial charge is 0.0361 e. The van der Waals surface area contributed by atoms with Crippen LogP contribution in [0.25, 0.3) is 5.57 Å². The van der Waals surface area contributed by atoms with Gasteiger partial charge >= 0.3 is 0 Å². The molecule has 0 bridgehead atoms. The molecule has 18 heavy (non-hydrogen) atoms. The largest absolute Gasteiger partial charge is 0.378 e. The molecule has 0 amide bonds. The zero-order chi connectivity index (χ0) is 13.1. The maximum Gasteiger partial charge on any atom is 0.0361 e. The molecular formula is C17H21N. The van der Waals surface area contributed by atoms with Gasteiger partial charge in [0.25, 0.3) is 0 Å². The second kappa shape index (κ2) is 5.26. The topological polar surface area (TPSA) is 3.24 Å². The molecule has 1 aliphatic carbocycles. The Morgan fingerprint density at radius 2 is 1.89 bits per heavy atom. The van der Waals surface area contributed by atoms with Gasteiger partial charge in [0.05, 0.1) is 0 Å². The first-order valence-electron chi connectivity index (χ1n) is 6.43. The lowest BCUT2D eigenvalue weighted by Crippen LogP contribution is -2.08. The van der Waals surface area contributed by atoms with Crippen LogP contribution >= 0.6 is 0 Å². The van der Waals surface area contributed by atoms with E-state index in [1.54, 1.807) is 0 Å². The highest BCUT2D eigenvalue weighted by Gasteiger charge is 2.08. The Labute approximate surface area is 110 Å². The van der Waals surface area contributed by atoms with Crippen molar-refractivity contribution >= 4 is 11.3 Å². The maximum atomic E-state index is 4.22. The molecule has 0 N–H and O–H groups in total. The Hall–Kier alpha value is -1.76. The molecule has 1 aliphatic rings. The van der Waals surface area contributed by atoms with Crippen LogP contribution in [0.5, 0.6) is 0 Å². The molecule has 0 aromatic heterocycles. The third kappa shape index (κ3) is 2.73. The van der Waals surface area contributed by atoms with Crippen LogP contribution < -0.4 is 4.90 Å². The fourth-order valence-electron chi connectivity index (χ4n) is 2.08. The molecule has 0 fully saturated rings. The van der Waals surface area contributed by atoms with Gasteiger partial charge in [0.1, 0.15) is 0 Å². The summed E-state index contributed by atoms with van der Waals surface area (Å²) >= 11 is 0. The molecule has 0 aliphatic heterocycles. The van der Waals surface area contributed by atoms with Crippen molar-refractivity contribution in [1.29, 1.82) is 0 Å². The minimum absolute atomic E-state index is 0.651. The van der Waals surface area contributed by atoms with Crippen LogP contribution in [-0.2, 0) is 0 Å². The van der Waals surface area contributed by atoms with Gasteiger partial charge in [0.15, 0.2) is 0 Å². The fourth-order valence-corrected chi connectivity index (χ4v) is 2.08. The quantitative estimate of drug-likeness (QED) is 0.760. The molecule has 2 rings (SSSR count). The zero-order valence-electron chi connectivity index (χ0n) is 11.5. The van der Waals surface area contributed by atoms with Gasteiger partial charge in [-0.2, -0.15) is 0 Å². The SMILES string of the molecule is C=C(C1=CC[C@@H](C)C=C1)c1ccc(N(C)C)cc1. The van der Waals surface area contributed by atoms with Gasteiger partial charge < -0.3 is 4.90 Å². The van der Waals surface area contributed by atoms with Gasteiger partial charge in [0.2, 0.25) is 0 Å². The van der Waals surface area contributed by atoms with Crippen LogP contribution in [0.15, 0.2) is 54.6 Å². The Balaban J connectivity index is 2.17. The van der Waals surface area contributed by atoms with E-state index in [0.717, 1.165) is 12.0 Å². The van der Waals surface area contributed by atoms with Crippen molar-refractivity contribution in [3.05, 3.63) is 60.2 Å². The summed E-state index contributed by atoms with van der Waals surface area (Å²) < 4.78 is 0. The van der Waals surface area contributed by atoms with Crippen molar-refractivity contribution in [1.82, 2.24) is 0 Å². The summed E-state index contributed by atoms with van der Waals surface area (Å²) in [5.41, 5.74) is 4.79. The molecule has 0 spiro atoms. The molecule has 0 heterocycles. The zero-order valence-corrected chi connectivity index (χ0v) is 11.5. The van der Waals surface area contributed by atoms with E-state index in [9.17, 15) is 0 Å². The summed E-state index contributed by atoms with van der Waals surface area (Å²) in [4.78, 5) is 2.11. The molecule has 1 aromatic carbocycles. The third-order valence-electron chi connectivity index (χ3n) is 3.39. The highest BCUT2D eigenvalue weighted by atomic mass is 15.1. The number of rotatable bonds is 3. The van der Waals surface area contributed by atoms with Crippen LogP contribution in [-0.4, -0.2) is 14.1 Å². The van der Waals surface area contributed by atoms with Crippen LogP contribution in [0.3, 0.4) is 0 Å². The lowest BCUT2D eigenvalue weighted by molar-refractivity contribution is 0.734. The molecule has 1 atom stereocenters. The average molecular weight is 239 g/mol. The number of hydrogen-bond donors (Lipinski definition) is 0. The summed E-state index contributed by atoms with van der Waals surface area (Å²) in [6, 6.07) is 8.56. The van der Waals surface area contributed by atoms with E-state index in [1.165, 1.54) is 16.8 Å². The Bertz CT molecular complexity index is 489. The van der Waals surface area contributed by atoms with E-state index in [1.807, 2.05) is 0 Å². The van der Waals surface area contributed by atoms with Crippen molar-refractivity contribution in [2.75, 3.05) is 19.0 Å². The second-order valence-electron chi connectivity index (χ2n) is 5.15. The normalized spacial score (nSPS) is 18.4. The Morgan fingerprint density at radius 3 is 2.39 bits per heavy atom. The number of hydrogen-bond acceptors (Lipinski definition) is 1. The van der Waals surface area contributed by atoms with Gasteiger partial charge in [-0.15, -0.1) is 0 Å². The minimum Gasteiger partial charge on any atom is -0.378 e. The monoisotopic (exact) mass is 239 g/mol. The van der Waals surface area contributed by atoms with Gasteiger partial charge in [-0.3, -0.25) is 0 Å². The first-order chi connectivity index (χ1) is 8.58. The highest BCUT2D eigenvalue weighted by Crippen LogP contribution is 2.28. The average Bonchev–Trinajstić information content (AvgIpc) is 2.39. The number of anilines is 1. The van der Waals surface area contributed by atoms with E-state index < -0.39 is 0 Å². The van der Waals surface area contributed by atoms with E-state index in [0.29, 0.717) is 5.92 Å². The van der Waals surface area contributed by atoms with Crippen LogP contribution in [0.4, 0.5) is 5.69 Å². The molecule has 94 valence electrons. The van der Waals surface area contributed by atoms with E-state index in [-0.39, 0.29) is 0 Å². The number of nitrogens with zero attached hydrogens (tertiary/aromatic N) is 1. The molecule has 0 radical (unpaired) electrons. The van der Waals surface area contributed by atoms with Gasteiger partial charge in [0, 0.05) is 19.8 Å². The summed E-state index contributed by atoms with van der Waals surface area (Å²) in [6.45, 7) is 6.45. The summed E-state index contributed by atoms with van der Waals surface area (Å²) in [5, 5.41) is 0. The molecule has 1 aromatic rings. The van der Waals surface area contributed by atoms with Crippen molar-refractivity contribution in [2.45, 2.75) is 13.3 Å². The highest BCUT2D eigenvalue weighted by molar-refractivity contribution is 5.81. The predicted octanol–water partition coefficient (Wildman–Crippen LogP) is 4.29. The van der Waals surface area contributed by atoms with E-state index in [2.05, 4.69) is 75.0 Å². The molecule has 1 nitrogen and oxygen atoms in total. The van der Waals surface area contributed by atoms with Crippen molar-refractivity contribution in [2.24, 2.45) is 5.92 Å². The van der Waals surface area contributed by atoms with Crippen LogP contribution in [0, 0.1) is 5.92 Å². The van der Waals surface area contributed by atoms with Crippen molar-refractivity contribution in [3.63, 3.8) is 0 Å². The Morgan fingerprint density at radius 1 is 1.22 bits per heavy atom. The lowest BCUT2D eigenvalue weighted by atomic mass is 9.91. The first kappa shape index (κ1) is 12.7. The lowest BCUT2D eigenvalue weighted by Gasteiger charge is -2.16. The number of allylic oxidation sites excluding steroid dienone is 5. The van der Waals surface area contributed by atoms with E-state index in [4.69, 9.17) is 0 Å². The summed E-state index contributed by atoms with van der Waals surface area (Å²) in [7, 11) is 4.11. The minimum atomic E-state index is 0.651. The molecule has 1 heteroatoms. The fraction of sp³-hybridized carbons (Fsp3) is 0.294. The molecular weight excluding hydrogens is 218 g/mol. The molecule has 0 saturated heterocycles. The molecule has 0 unspecified atom stereocenters. The Kier molecular flexibility index (Phi) is 3.71. The second-order valence-corrected chi connectivity index (χ2v) is 5.15. The summed E-state index contributed by atoms with van der Waals surface area (Å²) in [6.07, 6.45) is 7.85. The molecule has 0 saturated carbocycles. The van der Waals surface area contributed by atoms with Crippen LogP contribution in [0.2, 0.25) is 0 Å². The summed E-state index contributed by atoms with van der Waals surface area (Å²) in [5.74, 6) is 0.651. The predicted molar refractivity (Wildman–Crippen MR) is 80.8 cm³/mol.